The molecule has 1 amide bonds. The molecule has 0 bridgehead atoms. The minimum absolute atomic E-state index is 0.133. The van der Waals surface area contributed by atoms with E-state index in [4.69, 9.17) is 0 Å². The maximum atomic E-state index is 12.8. The van der Waals surface area contributed by atoms with E-state index in [1.807, 2.05) is 24.3 Å². The summed E-state index contributed by atoms with van der Waals surface area (Å²) in [5, 5.41) is 8.56. The molecule has 164 valence electrons. The lowest BCUT2D eigenvalue weighted by molar-refractivity contribution is -0.117. The van der Waals surface area contributed by atoms with Gasteiger partial charge in [-0.25, -0.2) is 18.9 Å². The Morgan fingerprint density at radius 1 is 1.19 bits per heavy atom. The van der Waals surface area contributed by atoms with Crippen LogP contribution in [0.15, 0.2) is 46.5 Å². The number of fused-ring (bicyclic) bond motifs is 1. The summed E-state index contributed by atoms with van der Waals surface area (Å²) >= 11 is 1.70. The molecule has 1 aliphatic carbocycles. The van der Waals surface area contributed by atoms with E-state index in [1.165, 1.54) is 33.9 Å². The summed E-state index contributed by atoms with van der Waals surface area (Å²) in [5.74, 6) is -0.277. The first-order valence-electron chi connectivity index (χ1n) is 11.1. The average molecular weight is 440 g/mol. The zero-order chi connectivity index (χ0) is 21.6. The van der Waals surface area contributed by atoms with E-state index in [1.54, 1.807) is 24.2 Å². The number of nitrogens with one attached hydrogen (secondary N) is 1. The molecule has 7 nitrogen and oxygen atoms in total. The van der Waals surface area contributed by atoms with Gasteiger partial charge in [0.05, 0.1) is 0 Å². The summed E-state index contributed by atoms with van der Waals surface area (Å²) in [6.07, 6.45) is 12.7. The fraction of sp³-hybridized carbons (Fsp3) is 0.478. The molecule has 1 saturated carbocycles. The molecule has 1 aromatic carbocycles. The Labute approximate surface area is 186 Å². The molecule has 0 radical (unpaired) electrons. The maximum absolute atomic E-state index is 12.8. The largest absolute Gasteiger partial charge is 0.350 e. The highest BCUT2D eigenvalue weighted by Gasteiger charge is 2.20. The van der Waals surface area contributed by atoms with Gasteiger partial charge in [-0.3, -0.25) is 4.79 Å². The fourth-order valence-corrected chi connectivity index (χ4v) is 5.18. The van der Waals surface area contributed by atoms with Gasteiger partial charge in [0.1, 0.15) is 11.6 Å². The van der Waals surface area contributed by atoms with Crippen molar-refractivity contribution in [1.82, 2.24) is 19.2 Å². The van der Waals surface area contributed by atoms with Crippen LogP contribution in [0, 0.1) is 0 Å². The summed E-state index contributed by atoms with van der Waals surface area (Å²) in [7, 11) is 0. The number of hydrogen-bond acceptors (Lipinski definition) is 5. The summed E-state index contributed by atoms with van der Waals surface area (Å²) < 4.78 is 2.70. The van der Waals surface area contributed by atoms with Gasteiger partial charge in [-0.15, -0.1) is 5.10 Å². The number of unbranched alkanes of at least 4 members (excludes halogenated alkanes) is 1. The number of hydrogen-bond donors (Lipinski definition) is 1. The van der Waals surface area contributed by atoms with Gasteiger partial charge >= 0.3 is 5.69 Å². The molecule has 1 aliphatic rings. The van der Waals surface area contributed by atoms with Crippen molar-refractivity contribution in [2.75, 3.05) is 5.32 Å². The number of benzene rings is 1. The predicted molar refractivity (Wildman–Crippen MR) is 124 cm³/mol. The number of amides is 1. The summed E-state index contributed by atoms with van der Waals surface area (Å²) in [5.41, 5.74) is 2.17. The summed E-state index contributed by atoms with van der Waals surface area (Å²) in [6, 6.07) is 7.86. The van der Waals surface area contributed by atoms with E-state index in [-0.39, 0.29) is 18.1 Å². The van der Waals surface area contributed by atoms with Gasteiger partial charge in [0.25, 0.3) is 0 Å². The minimum atomic E-state index is -0.326. The highest BCUT2D eigenvalue weighted by molar-refractivity contribution is 8.00. The third-order valence-electron chi connectivity index (χ3n) is 5.65. The monoisotopic (exact) mass is 439 g/mol. The van der Waals surface area contributed by atoms with Crippen LogP contribution in [0.5, 0.6) is 0 Å². The van der Waals surface area contributed by atoms with Crippen LogP contribution in [0.1, 0.15) is 57.4 Å². The zero-order valence-electron chi connectivity index (χ0n) is 17.9. The highest BCUT2D eigenvalue weighted by Crippen LogP contribution is 2.33. The second-order valence-corrected chi connectivity index (χ2v) is 9.38. The van der Waals surface area contributed by atoms with E-state index in [0.29, 0.717) is 10.9 Å². The van der Waals surface area contributed by atoms with E-state index >= 15 is 0 Å². The number of carbonyl (C=O) groups is 1. The third-order valence-corrected chi connectivity index (χ3v) is 6.97. The van der Waals surface area contributed by atoms with Crippen molar-refractivity contribution in [2.45, 2.75) is 75.1 Å². The Morgan fingerprint density at radius 2 is 1.97 bits per heavy atom. The molecular weight excluding hydrogens is 410 g/mol. The van der Waals surface area contributed by atoms with Crippen molar-refractivity contribution in [3.63, 3.8) is 0 Å². The lowest BCUT2D eigenvalue weighted by Crippen LogP contribution is -2.28. The van der Waals surface area contributed by atoms with Gasteiger partial charge in [-0.05, 0) is 43.4 Å². The van der Waals surface area contributed by atoms with Crippen molar-refractivity contribution in [3.05, 3.63) is 52.7 Å². The van der Waals surface area contributed by atoms with Crippen LogP contribution in [0.4, 0.5) is 5.69 Å². The molecule has 4 rings (SSSR count). The number of aryl methyl sites for hydroxylation is 1. The van der Waals surface area contributed by atoms with Crippen LogP contribution in [-0.2, 0) is 17.8 Å². The molecule has 3 aromatic rings. The Kier molecular flexibility index (Phi) is 7.06. The number of rotatable bonds is 8. The first-order valence-corrected chi connectivity index (χ1v) is 12.0. The van der Waals surface area contributed by atoms with Crippen LogP contribution >= 0.6 is 11.8 Å². The smallest absolute Gasteiger partial charge is 0.324 e. The number of nitrogens with zero attached hydrogens (tertiary/aromatic N) is 4. The van der Waals surface area contributed by atoms with Gasteiger partial charge < -0.3 is 5.32 Å². The third kappa shape index (κ3) is 5.36. The number of carbonyl (C=O) groups excluding carboxylic acids is 1. The Morgan fingerprint density at radius 3 is 2.71 bits per heavy atom. The SMILES string of the molecule is CCCCc1ccc(NC(=O)Cn2nc3c(SC4CCCCC4)nccn3c2=O)cc1. The summed E-state index contributed by atoms with van der Waals surface area (Å²) in [6.45, 7) is 2.04. The lowest BCUT2D eigenvalue weighted by Gasteiger charge is -2.20. The Hall–Kier alpha value is -2.61. The first-order chi connectivity index (χ1) is 15.1. The number of anilines is 1. The number of thioether (sulfide) groups is 1. The van der Waals surface area contributed by atoms with E-state index in [9.17, 15) is 9.59 Å². The Bertz CT molecular complexity index is 1080. The van der Waals surface area contributed by atoms with Gasteiger partial charge in [0, 0.05) is 23.3 Å². The van der Waals surface area contributed by atoms with Crippen molar-refractivity contribution < 1.29 is 4.79 Å². The fourth-order valence-electron chi connectivity index (χ4n) is 3.93. The molecule has 0 unspecified atom stereocenters. The normalized spacial score (nSPS) is 14.7. The second-order valence-electron chi connectivity index (χ2n) is 8.09. The molecular formula is C23H29N5O2S. The molecule has 0 atom stereocenters. The van der Waals surface area contributed by atoms with Crippen LogP contribution in [-0.4, -0.2) is 30.3 Å². The predicted octanol–water partition coefficient (Wildman–Crippen LogP) is 4.30. The van der Waals surface area contributed by atoms with Crippen LogP contribution in [0.25, 0.3) is 5.65 Å². The Balaban J connectivity index is 1.45. The van der Waals surface area contributed by atoms with Crippen molar-refractivity contribution >= 4 is 29.0 Å². The van der Waals surface area contributed by atoms with Crippen LogP contribution in [0.3, 0.4) is 0 Å². The van der Waals surface area contributed by atoms with Crippen molar-refractivity contribution in [1.29, 1.82) is 0 Å². The van der Waals surface area contributed by atoms with Gasteiger partial charge in [-0.2, -0.15) is 0 Å². The second kappa shape index (κ2) is 10.1. The topological polar surface area (TPSA) is 81.3 Å². The molecule has 2 heterocycles. The molecule has 0 aliphatic heterocycles. The van der Waals surface area contributed by atoms with Gasteiger partial charge in [0.2, 0.25) is 5.91 Å². The highest BCUT2D eigenvalue weighted by atomic mass is 32.2. The first kappa shape index (κ1) is 21.6. The van der Waals surface area contributed by atoms with E-state index in [2.05, 4.69) is 22.3 Å². The maximum Gasteiger partial charge on any atom is 0.350 e. The molecule has 0 spiro atoms. The zero-order valence-corrected chi connectivity index (χ0v) is 18.7. The minimum Gasteiger partial charge on any atom is -0.324 e. The molecule has 2 aromatic heterocycles. The average Bonchev–Trinajstić information content (AvgIpc) is 3.10. The van der Waals surface area contributed by atoms with Crippen LogP contribution < -0.4 is 11.0 Å². The van der Waals surface area contributed by atoms with Crippen LogP contribution in [0.2, 0.25) is 0 Å². The standard InChI is InChI=1S/C23H29N5O2S/c1-2-3-7-17-10-12-18(13-11-17)25-20(29)16-28-23(30)27-15-14-24-22(21(27)26-28)31-19-8-5-4-6-9-19/h10-15,19H,2-9,16H2,1H3,(H,25,29). The number of aromatic nitrogens is 4. The molecule has 1 fully saturated rings. The van der Waals surface area contributed by atoms with Gasteiger partial charge in [0.15, 0.2) is 5.65 Å². The van der Waals surface area contributed by atoms with Crippen molar-refractivity contribution in [2.24, 2.45) is 0 Å². The van der Waals surface area contributed by atoms with Crippen molar-refractivity contribution in [3.8, 4) is 0 Å². The van der Waals surface area contributed by atoms with Gasteiger partial charge in [-0.1, -0.05) is 56.5 Å². The molecule has 0 saturated heterocycles. The summed E-state index contributed by atoms with van der Waals surface area (Å²) in [4.78, 5) is 29.7. The molecule has 8 heteroatoms. The molecule has 1 N–H and O–H groups in total. The molecule has 31 heavy (non-hydrogen) atoms. The quantitative estimate of drug-likeness (QED) is 0.566. The lowest BCUT2D eigenvalue weighted by atomic mass is 10.0. The van der Waals surface area contributed by atoms with E-state index < -0.39 is 0 Å². The van der Waals surface area contributed by atoms with E-state index in [0.717, 1.165) is 42.8 Å².